The van der Waals surface area contributed by atoms with Crippen LogP contribution in [-0.4, -0.2) is 59.8 Å². The topological polar surface area (TPSA) is 62.7 Å². The molecule has 6 nitrogen and oxygen atoms in total. The third kappa shape index (κ3) is 4.37. The van der Waals surface area contributed by atoms with Crippen molar-refractivity contribution in [1.82, 2.24) is 14.8 Å². The Labute approximate surface area is 167 Å². The third-order valence-corrected chi connectivity index (χ3v) is 5.82. The first-order chi connectivity index (χ1) is 13.7. The monoisotopic (exact) mass is 395 g/mol. The number of benzene rings is 2. The van der Waals surface area contributed by atoms with Gasteiger partial charge in [0.25, 0.3) is 5.91 Å². The molecule has 0 spiro atoms. The molecule has 3 aromatic rings. The summed E-state index contributed by atoms with van der Waals surface area (Å²) in [5, 5.41) is 1.11. The van der Waals surface area contributed by atoms with Crippen molar-refractivity contribution in [3.05, 3.63) is 59.1 Å². The Bertz CT molecular complexity index is 929. The molecular formula is C21H21N3O3S. The number of nitrogens with zero attached hydrogens (tertiary/aromatic N) is 3. The lowest BCUT2D eigenvalue weighted by Gasteiger charge is -2.34. The second-order valence-electron chi connectivity index (χ2n) is 6.71. The van der Waals surface area contributed by atoms with Crippen LogP contribution in [0.2, 0.25) is 0 Å². The van der Waals surface area contributed by atoms with Crippen molar-refractivity contribution < 1.29 is 14.3 Å². The number of piperazine rings is 1. The van der Waals surface area contributed by atoms with E-state index in [2.05, 4.69) is 11.0 Å². The fourth-order valence-electron chi connectivity index (χ4n) is 3.21. The first-order valence-electron chi connectivity index (χ1n) is 9.24. The van der Waals surface area contributed by atoms with Crippen molar-refractivity contribution in [2.75, 3.05) is 32.8 Å². The number of thiazole rings is 1. The predicted octanol–water partition coefficient (Wildman–Crippen LogP) is 2.83. The summed E-state index contributed by atoms with van der Waals surface area (Å²) in [7, 11) is 0. The van der Waals surface area contributed by atoms with E-state index in [0.717, 1.165) is 36.4 Å². The summed E-state index contributed by atoms with van der Waals surface area (Å²) in [6.07, 6.45) is 0.781. The maximum absolute atomic E-state index is 12.4. The van der Waals surface area contributed by atoms with Crippen molar-refractivity contribution >= 4 is 33.7 Å². The summed E-state index contributed by atoms with van der Waals surface area (Å²) < 4.78 is 6.76. The van der Waals surface area contributed by atoms with Crippen LogP contribution >= 0.6 is 11.3 Å². The summed E-state index contributed by atoms with van der Waals surface area (Å²) in [5.74, 6) is 0.576. The number of hydrogen-bond acceptors (Lipinski definition) is 6. The van der Waals surface area contributed by atoms with Gasteiger partial charge in [0.2, 0.25) is 0 Å². The highest BCUT2D eigenvalue weighted by atomic mass is 32.1. The van der Waals surface area contributed by atoms with Gasteiger partial charge in [-0.2, -0.15) is 0 Å². The molecule has 0 radical (unpaired) electrons. The Morgan fingerprint density at radius 3 is 2.54 bits per heavy atom. The van der Waals surface area contributed by atoms with Gasteiger partial charge in [0.15, 0.2) is 6.61 Å². The molecule has 1 fully saturated rings. The lowest BCUT2D eigenvalue weighted by Crippen LogP contribution is -2.49. The zero-order chi connectivity index (χ0) is 19.3. The van der Waals surface area contributed by atoms with Crippen LogP contribution < -0.4 is 4.74 Å². The molecule has 0 unspecified atom stereocenters. The molecule has 1 amide bonds. The van der Waals surface area contributed by atoms with Crippen LogP contribution in [0.15, 0.2) is 48.5 Å². The second kappa shape index (κ2) is 8.50. The van der Waals surface area contributed by atoms with Crippen molar-refractivity contribution in [3.63, 3.8) is 0 Å². The van der Waals surface area contributed by atoms with Gasteiger partial charge in [0.05, 0.1) is 16.8 Å². The maximum atomic E-state index is 12.4. The van der Waals surface area contributed by atoms with Gasteiger partial charge in [-0.1, -0.05) is 12.1 Å². The van der Waals surface area contributed by atoms with Gasteiger partial charge in [-0.15, -0.1) is 11.3 Å². The number of fused-ring (bicyclic) bond motifs is 1. The van der Waals surface area contributed by atoms with E-state index in [1.807, 2.05) is 23.1 Å². The molecule has 0 bridgehead atoms. The molecule has 0 saturated carbocycles. The first kappa shape index (κ1) is 18.6. The fraction of sp³-hybridized carbons (Fsp3) is 0.286. The van der Waals surface area contributed by atoms with Crippen LogP contribution in [0.3, 0.4) is 0 Å². The third-order valence-electron chi connectivity index (χ3n) is 4.80. The maximum Gasteiger partial charge on any atom is 0.260 e. The van der Waals surface area contributed by atoms with Crippen molar-refractivity contribution in [1.29, 1.82) is 0 Å². The Morgan fingerprint density at radius 2 is 1.82 bits per heavy atom. The lowest BCUT2D eigenvalue weighted by molar-refractivity contribution is -0.135. The van der Waals surface area contributed by atoms with Crippen LogP contribution in [0.4, 0.5) is 0 Å². The average molecular weight is 395 g/mol. The van der Waals surface area contributed by atoms with E-state index >= 15 is 0 Å². The smallest absolute Gasteiger partial charge is 0.260 e. The number of aldehydes is 1. The minimum Gasteiger partial charge on any atom is -0.484 e. The van der Waals surface area contributed by atoms with E-state index in [-0.39, 0.29) is 12.5 Å². The number of carbonyl (C=O) groups is 2. The van der Waals surface area contributed by atoms with Gasteiger partial charge < -0.3 is 9.64 Å². The fourth-order valence-corrected chi connectivity index (χ4v) is 4.22. The number of ether oxygens (including phenoxy) is 1. The Hall–Kier alpha value is -2.77. The quantitative estimate of drug-likeness (QED) is 0.601. The number of carbonyl (C=O) groups excluding carboxylic acids is 2. The van der Waals surface area contributed by atoms with Gasteiger partial charge in [0, 0.05) is 31.7 Å². The van der Waals surface area contributed by atoms with Crippen LogP contribution in [-0.2, 0) is 11.3 Å². The molecule has 2 heterocycles. The van der Waals surface area contributed by atoms with E-state index in [1.54, 1.807) is 35.6 Å². The molecule has 1 saturated heterocycles. The molecule has 0 aliphatic carbocycles. The van der Waals surface area contributed by atoms with Gasteiger partial charge >= 0.3 is 0 Å². The van der Waals surface area contributed by atoms with Crippen LogP contribution in [0.1, 0.15) is 15.4 Å². The standard InChI is InChI=1S/C21H21N3O3S/c25-14-16-5-7-17(8-6-16)27-15-21(26)24-11-9-23(10-12-24)13-20-22-18-3-1-2-4-19(18)28-20/h1-8,14H,9-13,15H2. The van der Waals surface area contributed by atoms with Crippen LogP contribution in [0.5, 0.6) is 5.75 Å². The Balaban J connectivity index is 1.24. The zero-order valence-electron chi connectivity index (χ0n) is 15.4. The molecule has 7 heteroatoms. The minimum atomic E-state index is -0.0147. The molecule has 1 aliphatic rings. The van der Waals surface area contributed by atoms with E-state index in [4.69, 9.17) is 9.72 Å². The highest BCUT2D eigenvalue weighted by molar-refractivity contribution is 7.18. The Kier molecular flexibility index (Phi) is 5.64. The van der Waals surface area contributed by atoms with E-state index in [1.165, 1.54) is 4.70 Å². The van der Waals surface area contributed by atoms with Crippen molar-refractivity contribution in [2.45, 2.75) is 6.54 Å². The van der Waals surface area contributed by atoms with Crippen LogP contribution in [0.25, 0.3) is 10.2 Å². The summed E-state index contributed by atoms with van der Waals surface area (Å²) in [4.78, 5) is 31.9. The van der Waals surface area contributed by atoms with Crippen molar-refractivity contribution in [3.8, 4) is 5.75 Å². The van der Waals surface area contributed by atoms with E-state index < -0.39 is 0 Å². The van der Waals surface area contributed by atoms with Gasteiger partial charge in [0.1, 0.15) is 17.0 Å². The molecule has 1 aromatic heterocycles. The predicted molar refractivity (Wildman–Crippen MR) is 109 cm³/mol. The molecule has 0 N–H and O–H groups in total. The number of hydrogen-bond donors (Lipinski definition) is 0. The number of rotatable bonds is 6. The number of amides is 1. The molecule has 4 rings (SSSR count). The molecule has 1 aliphatic heterocycles. The van der Waals surface area contributed by atoms with E-state index in [9.17, 15) is 9.59 Å². The van der Waals surface area contributed by atoms with Gasteiger partial charge in [-0.25, -0.2) is 4.98 Å². The normalized spacial score (nSPS) is 14.9. The summed E-state index contributed by atoms with van der Waals surface area (Å²) in [6.45, 7) is 3.87. The Morgan fingerprint density at radius 1 is 1.07 bits per heavy atom. The van der Waals surface area contributed by atoms with Crippen LogP contribution in [0, 0.1) is 0 Å². The highest BCUT2D eigenvalue weighted by Crippen LogP contribution is 2.23. The highest BCUT2D eigenvalue weighted by Gasteiger charge is 2.22. The average Bonchev–Trinajstić information content (AvgIpc) is 3.15. The van der Waals surface area contributed by atoms with Gasteiger partial charge in [-0.05, 0) is 36.4 Å². The lowest BCUT2D eigenvalue weighted by atomic mass is 10.2. The number of para-hydroxylation sites is 1. The summed E-state index contributed by atoms with van der Waals surface area (Å²) in [5.41, 5.74) is 1.64. The zero-order valence-corrected chi connectivity index (χ0v) is 16.2. The first-order valence-corrected chi connectivity index (χ1v) is 10.1. The SMILES string of the molecule is O=Cc1ccc(OCC(=O)N2CCN(Cc3nc4ccccc4s3)CC2)cc1. The largest absolute Gasteiger partial charge is 0.484 e. The minimum absolute atomic E-state index is 0.0122. The molecular weight excluding hydrogens is 374 g/mol. The molecule has 28 heavy (non-hydrogen) atoms. The summed E-state index contributed by atoms with van der Waals surface area (Å²) >= 11 is 1.73. The van der Waals surface area contributed by atoms with E-state index in [0.29, 0.717) is 24.4 Å². The molecule has 2 aromatic carbocycles. The molecule has 144 valence electrons. The second-order valence-corrected chi connectivity index (χ2v) is 7.82. The summed E-state index contributed by atoms with van der Waals surface area (Å²) in [6, 6.07) is 14.9. The molecule has 0 atom stereocenters. The number of aromatic nitrogens is 1. The van der Waals surface area contributed by atoms with Crippen molar-refractivity contribution in [2.24, 2.45) is 0 Å². The van der Waals surface area contributed by atoms with Gasteiger partial charge in [-0.3, -0.25) is 14.5 Å².